The van der Waals surface area contributed by atoms with Crippen LogP contribution in [0.4, 0.5) is 30.6 Å². The van der Waals surface area contributed by atoms with Crippen molar-refractivity contribution in [2.75, 3.05) is 23.1 Å². The van der Waals surface area contributed by atoms with E-state index in [4.69, 9.17) is 0 Å². The van der Waals surface area contributed by atoms with E-state index < -0.39 is 11.7 Å². The molecule has 8 nitrogen and oxygen atoms in total. The van der Waals surface area contributed by atoms with E-state index in [1.165, 1.54) is 25.0 Å². The van der Waals surface area contributed by atoms with Crippen molar-refractivity contribution in [3.05, 3.63) is 23.7 Å². The lowest BCUT2D eigenvalue weighted by molar-refractivity contribution is -0.137. The molecule has 2 aromatic rings. The molecule has 11 heteroatoms. The molecule has 3 N–H and O–H groups in total. The Labute approximate surface area is 129 Å². The van der Waals surface area contributed by atoms with Gasteiger partial charge in [-0.25, -0.2) is 10.4 Å². The van der Waals surface area contributed by atoms with Gasteiger partial charge in [0.15, 0.2) is 0 Å². The molecule has 0 aromatic carbocycles. The number of halogens is 3. The second-order valence-corrected chi connectivity index (χ2v) is 4.57. The van der Waals surface area contributed by atoms with E-state index in [2.05, 4.69) is 31.1 Å². The topological polar surface area (TPSA) is 96.8 Å². The Morgan fingerprint density at radius 2 is 2.04 bits per heavy atom. The molecule has 0 saturated heterocycles. The summed E-state index contributed by atoms with van der Waals surface area (Å²) in [5.41, 5.74) is 2.42. The van der Waals surface area contributed by atoms with E-state index in [-0.39, 0.29) is 17.7 Å². The maximum atomic E-state index is 12.8. The van der Waals surface area contributed by atoms with Crippen molar-refractivity contribution in [1.82, 2.24) is 19.9 Å². The Hall–Kier alpha value is -2.85. The largest absolute Gasteiger partial charge is 0.421 e. The van der Waals surface area contributed by atoms with Crippen molar-refractivity contribution in [2.45, 2.75) is 20.0 Å². The summed E-state index contributed by atoms with van der Waals surface area (Å²) < 4.78 is 38.4. The highest BCUT2D eigenvalue weighted by molar-refractivity contribution is 5.80. The first-order chi connectivity index (χ1) is 10.7. The first kappa shape index (κ1) is 16.5. The molecule has 0 aliphatic carbocycles. The zero-order chi connectivity index (χ0) is 17.2. The summed E-state index contributed by atoms with van der Waals surface area (Å²) >= 11 is 0. The number of carbonyl (C=O) groups excluding carboxylic acids is 1. The van der Waals surface area contributed by atoms with Gasteiger partial charge in [-0.3, -0.25) is 4.79 Å². The Balaban J connectivity index is 2.27. The van der Waals surface area contributed by atoms with E-state index in [0.717, 1.165) is 0 Å². The number of carbonyl (C=O) groups is 1. The number of amides is 1. The third-order valence-electron chi connectivity index (χ3n) is 2.75. The first-order valence-corrected chi connectivity index (χ1v) is 6.43. The van der Waals surface area contributed by atoms with E-state index in [9.17, 15) is 18.0 Å². The summed E-state index contributed by atoms with van der Waals surface area (Å²) in [6, 6.07) is 0. The molecule has 2 rings (SSSR count). The maximum absolute atomic E-state index is 12.8. The van der Waals surface area contributed by atoms with Gasteiger partial charge in [0, 0.05) is 20.2 Å². The van der Waals surface area contributed by atoms with Crippen LogP contribution in [0.2, 0.25) is 0 Å². The second kappa shape index (κ2) is 6.10. The van der Waals surface area contributed by atoms with Crippen molar-refractivity contribution in [3.8, 4) is 0 Å². The molecular weight excluding hydrogens is 315 g/mol. The second-order valence-electron chi connectivity index (χ2n) is 4.57. The van der Waals surface area contributed by atoms with E-state index >= 15 is 0 Å². The van der Waals surface area contributed by atoms with Gasteiger partial charge in [-0.2, -0.15) is 28.0 Å². The van der Waals surface area contributed by atoms with Gasteiger partial charge < -0.3 is 10.6 Å². The molecule has 0 fully saturated rings. The molecule has 2 heterocycles. The summed E-state index contributed by atoms with van der Waals surface area (Å²) in [6.45, 7) is 2.98. The summed E-state index contributed by atoms with van der Waals surface area (Å²) in [5.74, 6) is -0.697. The van der Waals surface area contributed by atoms with Crippen LogP contribution >= 0.6 is 0 Å². The van der Waals surface area contributed by atoms with E-state index in [1.807, 2.05) is 0 Å². The van der Waals surface area contributed by atoms with Gasteiger partial charge in [0.25, 0.3) is 0 Å². The number of alkyl halides is 3. The fraction of sp³-hybridized carbons (Fsp3) is 0.333. The van der Waals surface area contributed by atoms with Gasteiger partial charge in [0.2, 0.25) is 11.9 Å². The zero-order valence-electron chi connectivity index (χ0n) is 12.5. The fourth-order valence-electron chi connectivity index (χ4n) is 1.76. The van der Waals surface area contributed by atoms with Crippen LogP contribution in [0.3, 0.4) is 0 Å². The average Bonchev–Trinajstić information content (AvgIpc) is 2.76. The van der Waals surface area contributed by atoms with Gasteiger partial charge in [-0.15, -0.1) is 0 Å². The van der Waals surface area contributed by atoms with Crippen LogP contribution in [-0.2, 0) is 11.0 Å². The first-order valence-electron chi connectivity index (χ1n) is 6.43. The van der Waals surface area contributed by atoms with Crippen LogP contribution in [-0.4, -0.2) is 32.8 Å². The Morgan fingerprint density at radius 3 is 2.61 bits per heavy atom. The van der Waals surface area contributed by atoms with Crippen molar-refractivity contribution in [2.24, 2.45) is 0 Å². The average molecular weight is 329 g/mol. The minimum Gasteiger partial charge on any atom is -0.372 e. The van der Waals surface area contributed by atoms with Gasteiger partial charge in [-0.05, 0) is 6.92 Å². The van der Waals surface area contributed by atoms with Crippen LogP contribution in [0.25, 0.3) is 0 Å². The smallest absolute Gasteiger partial charge is 0.372 e. The van der Waals surface area contributed by atoms with Crippen LogP contribution < -0.4 is 16.1 Å². The number of aryl methyl sites for hydroxylation is 1. The molecule has 0 unspecified atom stereocenters. The third kappa shape index (κ3) is 3.87. The van der Waals surface area contributed by atoms with Gasteiger partial charge in [-0.1, -0.05) is 0 Å². The number of nitrogens with zero attached hydrogens (tertiary/aromatic N) is 4. The van der Waals surface area contributed by atoms with Gasteiger partial charge >= 0.3 is 6.18 Å². The molecule has 0 saturated carbocycles. The Bertz CT molecular complexity index is 726. The van der Waals surface area contributed by atoms with Crippen molar-refractivity contribution < 1.29 is 18.0 Å². The lowest BCUT2D eigenvalue weighted by Gasteiger charge is -2.12. The normalized spacial score (nSPS) is 11.2. The minimum atomic E-state index is -4.55. The number of aromatic nitrogens is 4. The minimum absolute atomic E-state index is 0.0344. The van der Waals surface area contributed by atoms with Crippen molar-refractivity contribution in [1.29, 1.82) is 0 Å². The summed E-state index contributed by atoms with van der Waals surface area (Å²) in [5, 5.41) is 9.16. The summed E-state index contributed by atoms with van der Waals surface area (Å²) in [4.78, 5) is 19.6. The lowest BCUT2D eigenvalue weighted by Crippen LogP contribution is -2.20. The zero-order valence-corrected chi connectivity index (χ0v) is 12.5. The predicted octanol–water partition coefficient (Wildman–Crippen LogP) is 1.88. The van der Waals surface area contributed by atoms with Crippen LogP contribution in [0.5, 0.6) is 0 Å². The fourth-order valence-corrected chi connectivity index (χ4v) is 1.76. The predicted molar refractivity (Wildman–Crippen MR) is 76.9 cm³/mol. The third-order valence-corrected chi connectivity index (χ3v) is 2.75. The SMILES string of the molecule is CNc1nc(Nc2cn(NC(C)=O)nc2C)ncc1C(F)(F)F. The molecule has 0 aliphatic rings. The molecule has 124 valence electrons. The molecule has 0 radical (unpaired) electrons. The number of anilines is 3. The molecular formula is C12H14F3N7O. The van der Waals surface area contributed by atoms with Crippen LogP contribution in [0.15, 0.2) is 12.4 Å². The summed E-state index contributed by atoms with van der Waals surface area (Å²) in [6.07, 6.45) is -2.41. The number of rotatable bonds is 4. The van der Waals surface area contributed by atoms with Crippen molar-refractivity contribution in [3.63, 3.8) is 0 Å². The Morgan fingerprint density at radius 1 is 1.35 bits per heavy atom. The van der Waals surface area contributed by atoms with Crippen LogP contribution in [0.1, 0.15) is 18.2 Å². The molecule has 0 bridgehead atoms. The quantitative estimate of drug-likeness (QED) is 0.792. The van der Waals surface area contributed by atoms with Crippen LogP contribution in [0, 0.1) is 6.92 Å². The molecule has 2 aromatic heterocycles. The monoisotopic (exact) mass is 329 g/mol. The standard InChI is InChI=1S/C12H14F3N7O/c1-6-9(5-22(20-6)21-7(2)23)18-11-17-4-8(12(13,14)15)10(16-3)19-11/h4-5H,1-3H3,(H,21,23)(H2,16,17,18,19). The molecule has 0 atom stereocenters. The molecule has 23 heavy (non-hydrogen) atoms. The summed E-state index contributed by atoms with van der Waals surface area (Å²) in [7, 11) is 1.33. The molecule has 0 spiro atoms. The van der Waals surface area contributed by atoms with Crippen molar-refractivity contribution >= 4 is 23.4 Å². The Kier molecular flexibility index (Phi) is 4.38. The molecule has 1 amide bonds. The highest BCUT2D eigenvalue weighted by Crippen LogP contribution is 2.33. The number of nitrogens with one attached hydrogen (secondary N) is 3. The van der Waals surface area contributed by atoms with E-state index in [1.54, 1.807) is 6.92 Å². The highest BCUT2D eigenvalue weighted by Gasteiger charge is 2.35. The van der Waals surface area contributed by atoms with Gasteiger partial charge in [0.05, 0.1) is 17.6 Å². The number of hydrogen-bond acceptors (Lipinski definition) is 6. The van der Waals surface area contributed by atoms with Gasteiger partial charge in [0.1, 0.15) is 11.4 Å². The lowest BCUT2D eigenvalue weighted by atomic mass is 10.3. The highest BCUT2D eigenvalue weighted by atomic mass is 19.4. The van der Waals surface area contributed by atoms with E-state index in [0.29, 0.717) is 17.6 Å². The number of hydrogen-bond donors (Lipinski definition) is 3. The molecule has 0 aliphatic heterocycles. The maximum Gasteiger partial charge on any atom is 0.421 e.